The number of carbonyl (C=O) groups excluding carboxylic acids is 2. The van der Waals surface area contributed by atoms with Crippen LogP contribution in [0.2, 0.25) is 0 Å². The average Bonchev–Trinajstić information content (AvgIpc) is 2.86. The maximum absolute atomic E-state index is 12.6. The normalized spacial score (nSPS) is 17.2. The highest BCUT2D eigenvalue weighted by atomic mass is 32.2. The summed E-state index contributed by atoms with van der Waals surface area (Å²) in [6, 6.07) is 8.69. The molecular weight excluding hydrogens is 346 g/mol. The highest BCUT2D eigenvalue weighted by molar-refractivity contribution is 8.26. The third kappa shape index (κ3) is 4.36. The van der Waals surface area contributed by atoms with Crippen LogP contribution in [0.4, 0.5) is 0 Å². The van der Waals surface area contributed by atoms with E-state index in [9.17, 15) is 9.59 Å². The maximum atomic E-state index is 12.6. The number of hydrogen-bond donors (Lipinski definition) is 0. The SMILES string of the molecule is CCO/C=C1\SC(=S)N(C(Cc2ccccc2)C(=O)OCC)C1=O. The van der Waals surface area contributed by atoms with Crippen LogP contribution in [0, 0.1) is 0 Å². The van der Waals surface area contributed by atoms with Gasteiger partial charge in [0.2, 0.25) is 0 Å². The number of rotatable bonds is 7. The molecule has 1 aliphatic heterocycles. The van der Waals surface area contributed by atoms with E-state index in [0.29, 0.717) is 22.3 Å². The number of thiocarbonyl (C=S) groups is 1. The molecular formula is C17H19NO4S2. The van der Waals surface area contributed by atoms with Gasteiger partial charge in [0.05, 0.1) is 13.2 Å². The van der Waals surface area contributed by atoms with Gasteiger partial charge in [0, 0.05) is 6.42 Å². The molecule has 1 aliphatic rings. The Bertz CT molecular complexity index is 645. The number of benzene rings is 1. The Morgan fingerprint density at radius 1 is 1.29 bits per heavy atom. The molecule has 0 radical (unpaired) electrons. The molecule has 0 spiro atoms. The van der Waals surface area contributed by atoms with E-state index < -0.39 is 12.0 Å². The van der Waals surface area contributed by atoms with Gasteiger partial charge >= 0.3 is 5.97 Å². The minimum atomic E-state index is -0.785. The molecule has 128 valence electrons. The smallest absolute Gasteiger partial charge is 0.329 e. The lowest BCUT2D eigenvalue weighted by Crippen LogP contribution is -2.46. The molecule has 0 bridgehead atoms. The van der Waals surface area contributed by atoms with Crippen molar-refractivity contribution >= 4 is 40.2 Å². The predicted octanol–water partition coefficient (Wildman–Crippen LogP) is 2.90. The summed E-state index contributed by atoms with van der Waals surface area (Å²) in [7, 11) is 0. The third-order valence-electron chi connectivity index (χ3n) is 3.32. The summed E-state index contributed by atoms with van der Waals surface area (Å²) >= 11 is 6.44. The van der Waals surface area contributed by atoms with Crippen molar-refractivity contribution in [2.45, 2.75) is 26.3 Å². The largest absolute Gasteiger partial charge is 0.500 e. The molecule has 7 heteroatoms. The molecule has 1 aromatic carbocycles. The molecule has 1 amide bonds. The van der Waals surface area contributed by atoms with Gasteiger partial charge in [-0.2, -0.15) is 0 Å². The van der Waals surface area contributed by atoms with Crippen molar-refractivity contribution in [3.05, 3.63) is 47.1 Å². The van der Waals surface area contributed by atoms with E-state index >= 15 is 0 Å². The van der Waals surface area contributed by atoms with Crippen LogP contribution in [-0.4, -0.2) is 40.4 Å². The van der Waals surface area contributed by atoms with Crippen molar-refractivity contribution in [1.82, 2.24) is 4.90 Å². The fraction of sp³-hybridized carbons (Fsp3) is 0.353. The highest BCUT2D eigenvalue weighted by Gasteiger charge is 2.41. The van der Waals surface area contributed by atoms with Crippen molar-refractivity contribution in [2.24, 2.45) is 0 Å². The van der Waals surface area contributed by atoms with Crippen molar-refractivity contribution in [2.75, 3.05) is 13.2 Å². The molecule has 1 saturated heterocycles. The van der Waals surface area contributed by atoms with Gasteiger partial charge in [0.1, 0.15) is 21.5 Å². The van der Waals surface area contributed by atoms with Gasteiger partial charge in [-0.15, -0.1) is 0 Å². The minimum absolute atomic E-state index is 0.244. The lowest BCUT2D eigenvalue weighted by atomic mass is 10.0. The van der Waals surface area contributed by atoms with Gasteiger partial charge in [-0.3, -0.25) is 9.69 Å². The van der Waals surface area contributed by atoms with E-state index in [2.05, 4.69) is 0 Å². The summed E-state index contributed by atoms with van der Waals surface area (Å²) in [6.07, 6.45) is 1.73. The van der Waals surface area contributed by atoms with Crippen LogP contribution in [0.25, 0.3) is 0 Å². The maximum Gasteiger partial charge on any atom is 0.329 e. The molecule has 2 rings (SSSR count). The summed E-state index contributed by atoms with van der Waals surface area (Å²) in [5, 5.41) is 0. The molecule has 5 nitrogen and oxygen atoms in total. The van der Waals surface area contributed by atoms with E-state index in [1.165, 1.54) is 11.2 Å². The Morgan fingerprint density at radius 3 is 2.62 bits per heavy atom. The molecule has 0 saturated carbocycles. The molecule has 1 fully saturated rings. The zero-order valence-electron chi connectivity index (χ0n) is 13.6. The summed E-state index contributed by atoms with van der Waals surface area (Å²) in [5.74, 6) is -0.789. The average molecular weight is 365 g/mol. The van der Waals surface area contributed by atoms with Crippen LogP contribution in [0.3, 0.4) is 0 Å². The van der Waals surface area contributed by atoms with Crippen molar-refractivity contribution in [3.8, 4) is 0 Å². The molecule has 0 aliphatic carbocycles. The zero-order chi connectivity index (χ0) is 17.5. The second kappa shape index (κ2) is 8.84. The summed E-state index contributed by atoms with van der Waals surface area (Å²) in [6.45, 7) is 4.26. The topological polar surface area (TPSA) is 55.8 Å². The second-order valence-corrected chi connectivity index (χ2v) is 6.61. The predicted molar refractivity (Wildman–Crippen MR) is 97.3 cm³/mol. The number of thioether (sulfide) groups is 1. The first-order valence-electron chi connectivity index (χ1n) is 7.66. The molecule has 1 aromatic rings. The van der Waals surface area contributed by atoms with Gasteiger partial charge in [-0.05, 0) is 19.4 Å². The van der Waals surface area contributed by atoms with Gasteiger partial charge in [0.15, 0.2) is 0 Å². The Labute approximate surface area is 151 Å². The lowest BCUT2D eigenvalue weighted by Gasteiger charge is -2.25. The van der Waals surface area contributed by atoms with E-state index in [1.54, 1.807) is 6.92 Å². The van der Waals surface area contributed by atoms with Crippen LogP contribution in [0.15, 0.2) is 41.5 Å². The fourth-order valence-electron chi connectivity index (χ4n) is 2.25. The van der Waals surface area contributed by atoms with E-state index in [4.69, 9.17) is 21.7 Å². The van der Waals surface area contributed by atoms with Crippen LogP contribution in [0.1, 0.15) is 19.4 Å². The van der Waals surface area contributed by atoms with Crippen molar-refractivity contribution in [1.29, 1.82) is 0 Å². The number of hydrogen-bond acceptors (Lipinski definition) is 6. The second-order valence-electron chi connectivity index (χ2n) is 4.94. The van der Waals surface area contributed by atoms with Gasteiger partial charge in [-0.25, -0.2) is 4.79 Å². The summed E-state index contributed by atoms with van der Waals surface area (Å²) in [5.41, 5.74) is 0.929. The molecule has 24 heavy (non-hydrogen) atoms. The Balaban J connectivity index is 2.27. The molecule has 1 heterocycles. The quantitative estimate of drug-likeness (QED) is 0.321. The van der Waals surface area contributed by atoms with Gasteiger partial charge < -0.3 is 9.47 Å². The number of carbonyl (C=O) groups is 2. The molecule has 1 atom stereocenters. The van der Waals surface area contributed by atoms with Crippen LogP contribution in [-0.2, 0) is 25.5 Å². The summed E-state index contributed by atoms with van der Waals surface area (Å²) in [4.78, 5) is 26.7. The summed E-state index contributed by atoms with van der Waals surface area (Å²) < 4.78 is 10.7. The van der Waals surface area contributed by atoms with Crippen LogP contribution in [0.5, 0.6) is 0 Å². The Hall–Kier alpha value is -1.86. The highest BCUT2D eigenvalue weighted by Crippen LogP contribution is 2.33. The van der Waals surface area contributed by atoms with Gasteiger partial charge in [0.25, 0.3) is 5.91 Å². The molecule has 0 aromatic heterocycles. The van der Waals surface area contributed by atoms with Gasteiger partial charge in [-0.1, -0.05) is 54.3 Å². The third-order valence-corrected chi connectivity index (χ3v) is 4.63. The molecule has 0 N–H and O–H groups in total. The Kier molecular flexibility index (Phi) is 6.81. The first-order valence-corrected chi connectivity index (χ1v) is 8.88. The zero-order valence-corrected chi connectivity index (χ0v) is 15.2. The number of ether oxygens (including phenoxy) is 2. The number of nitrogens with zero attached hydrogens (tertiary/aromatic N) is 1. The number of amides is 1. The van der Waals surface area contributed by atoms with Crippen molar-refractivity contribution in [3.63, 3.8) is 0 Å². The van der Waals surface area contributed by atoms with E-state index in [0.717, 1.165) is 17.3 Å². The number of esters is 1. The first-order chi connectivity index (χ1) is 11.6. The van der Waals surface area contributed by atoms with E-state index in [-0.39, 0.29) is 12.5 Å². The van der Waals surface area contributed by atoms with E-state index in [1.807, 2.05) is 37.3 Å². The molecule has 1 unspecified atom stereocenters. The minimum Gasteiger partial charge on any atom is -0.500 e. The first kappa shape index (κ1) is 18.5. The van der Waals surface area contributed by atoms with Crippen molar-refractivity contribution < 1.29 is 19.1 Å². The lowest BCUT2D eigenvalue weighted by molar-refractivity contribution is -0.150. The standard InChI is InChI=1S/C17H19NO4S2/c1-3-21-11-14-15(19)18(17(23)24-14)13(16(20)22-4-2)10-12-8-6-5-7-9-12/h5-9,11,13H,3-4,10H2,1-2H3/b14-11-. The Morgan fingerprint density at radius 2 is 2.00 bits per heavy atom. The monoisotopic (exact) mass is 365 g/mol. The van der Waals surface area contributed by atoms with Crippen LogP contribution < -0.4 is 0 Å². The van der Waals surface area contributed by atoms with Crippen LogP contribution >= 0.6 is 24.0 Å². The fourth-order valence-corrected chi connectivity index (χ4v) is 3.52.